The van der Waals surface area contributed by atoms with Crippen molar-refractivity contribution in [2.24, 2.45) is 0 Å². The van der Waals surface area contributed by atoms with Crippen molar-refractivity contribution >= 4 is 11.7 Å². The molecule has 0 aliphatic rings. The summed E-state index contributed by atoms with van der Waals surface area (Å²) in [5.41, 5.74) is 2.65. The van der Waals surface area contributed by atoms with E-state index in [2.05, 4.69) is 10.6 Å². The molecule has 5 nitrogen and oxygen atoms in total. The van der Waals surface area contributed by atoms with Gasteiger partial charge < -0.3 is 20.8 Å². The number of hydrogen-bond acceptors (Lipinski definition) is 3. The number of benzene rings is 2. The number of carbonyl (C=O) groups is 1. The van der Waals surface area contributed by atoms with E-state index < -0.39 is 0 Å². The van der Waals surface area contributed by atoms with Gasteiger partial charge in [-0.1, -0.05) is 18.2 Å². The van der Waals surface area contributed by atoms with Crippen molar-refractivity contribution in [2.75, 3.05) is 5.32 Å². The number of phenols is 2. The summed E-state index contributed by atoms with van der Waals surface area (Å²) in [4.78, 5) is 11.9. The van der Waals surface area contributed by atoms with Gasteiger partial charge in [0, 0.05) is 11.7 Å². The third kappa shape index (κ3) is 4.41. The monoisotopic (exact) mass is 300 g/mol. The van der Waals surface area contributed by atoms with Gasteiger partial charge in [-0.3, -0.25) is 0 Å². The Morgan fingerprint density at radius 3 is 2.59 bits per heavy atom. The molecule has 2 aromatic rings. The standard InChI is InChI=1S/C17H20N2O3/c1-11-4-3-5-14(8-11)19-17(22)18-12(2)9-13-6-7-15(20)16(21)10-13/h3-8,10,12,20-21H,9H2,1-2H3,(H2,18,19,22)/t12-/m0/s1. The summed E-state index contributed by atoms with van der Waals surface area (Å²) in [6.07, 6.45) is 0.551. The zero-order chi connectivity index (χ0) is 16.1. The molecular weight excluding hydrogens is 280 g/mol. The maximum Gasteiger partial charge on any atom is 0.319 e. The maximum absolute atomic E-state index is 11.9. The van der Waals surface area contributed by atoms with Crippen molar-refractivity contribution in [3.05, 3.63) is 53.6 Å². The number of hydrogen-bond donors (Lipinski definition) is 4. The fourth-order valence-electron chi connectivity index (χ4n) is 2.21. The van der Waals surface area contributed by atoms with Gasteiger partial charge in [-0.25, -0.2) is 4.79 Å². The van der Waals surface area contributed by atoms with Crippen LogP contribution in [0.4, 0.5) is 10.5 Å². The summed E-state index contributed by atoms with van der Waals surface area (Å²) in [6, 6.07) is 11.8. The molecule has 116 valence electrons. The zero-order valence-electron chi connectivity index (χ0n) is 12.6. The highest BCUT2D eigenvalue weighted by molar-refractivity contribution is 5.89. The Balaban J connectivity index is 1.89. The summed E-state index contributed by atoms with van der Waals surface area (Å²) >= 11 is 0. The molecule has 5 heteroatoms. The normalized spacial score (nSPS) is 11.7. The summed E-state index contributed by atoms with van der Waals surface area (Å²) in [5.74, 6) is -0.310. The predicted octanol–water partition coefficient (Wildman–Crippen LogP) is 3.16. The predicted molar refractivity (Wildman–Crippen MR) is 86.3 cm³/mol. The van der Waals surface area contributed by atoms with E-state index in [1.165, 1.54) is 12.1 Å². The lowest BCUT2D eigenvalue weighted by Crippen LogP contribution is -2.37. The van der Waals surface area contributed by atoms with Crippen LogP contribution >= 0.6 is 0 Å². The second kappa shape index (κ2) is 6.85. The van der Waals surface area contributed by atoms with E-state index in [-0.39, 0.29) is 23.6 Å². The second-order valence-corrected chi connectivity index (χ2v) is 5.40. The van der Waals surface area contributed by atoms with Crippen LogP contribution < -0.4 is 10.6 Å². The van der Waals surface area contributed by atoms with E-state index in [4.69, 9.17) is 0 Å². The lowest BCUT2D eigenvalue weighted by atomic mass is 10.1. The third-order valence-corrected chi connectivity index (χ3v) is 3.24. The van der Waals surface area contributed by atoms with Gasteiger partial charge in [0.2, 0.25) is 0 Å². The molecule has 0 spiro atoms. The molecule has 0 saturated carbocycles. The van der Waals surface area contributed by atoms with Gasteiger partial charge in [0.15, 0.2) is 11.5 Å². The van der Waals surface area contributed by atoms with E-state index in [9.17, 15) is 15.0 Å². The van der Waals surface area contributed by atoms with Gasteiger partial charge in [0.05, 0.1) is 0 Å². The Morgan fingerprint density at radius 2 is 1.91 bits per heavy atom. The quantitative estimate of drug-likeness (QED) is 0.655. The van der Waals surface area contributed by atoms with Gasteiger partial charge in [0.1, 0.15) is 0 Å². The molecule has 0 fully saturated rings. The van der Waals surface area contributed by atoms with Crippen LogP contribution in [0, 0.1) is 6.92 Å². The summed E-state index contributed by atoms with van der Waals surface area (Å²) in [6.45, 7) is 3.84. The molecular formula is C17H20N2O3. The van der Waals surface area contributed by atoms with E-state index in [0.29, 0.717) is 6.42 Å². The topological polar surface area (TPSA) is 81.6 Å². The number of rotatable bonds is 4. The van der Waals surface area contributed by atoms with Crippen molar-refractivity contribution in [3.8, 4) is 11.5 Å². The minimum atomic E-state index is -0.277. The minimum Gasteiger partial charge on any atom is -0.504 e. The maximum atomic E-state index is 11.9. The van der Waals surface area contributed by atoms with Gasteiger partial charge >= 0.3 is 6.03 Å². The van der Waals surface area contributed by atoms with E-state index in [1.807, 2.05) is 38.1 Å². The fourth-order valence-corrected chi connectivity index (χ4v) is 2.21. The number of phenolic OH excluding ortho intramolecular Hbond substituents is 2. The number of urea groups is 1. The molecule has 0 aliphatic carbocycles. The molecule has 2 rings (SSSR count). The van der Waals surface area contributed by atoms with E-state index >= 15 is 0 Å². The van der Waals surface area contributed by atoms with Crippen LogP contribution in [-0.4, -0.2) is 22.3 Å². The second-order valence-electron chi connectivity index (χ2n) is 5.40. The average Bonchev–Trinajstić information content (AvgIpc) is 2.42. The van der Waals surface area contributed by atoms with Crippen LogP contribution in [0.5, 0.6) is 11.5 Å². The highest BCUT2D eigenvalue weighted by Gasteiger charge is 2.10. The molecule has 0 aliphatic heterocycles. The molecule has 22 heavy (non-hydrogen) atoms. The number of aryl methyl sites for hydroxylation is 1. The first kappa shape index (κ1) is 15.7. The lowest BCUT2D eigenvalue weighted by Gasteiger charge is -2.15. The Hall–Kier alpha value is -2.69. The smallest absolute Gasteiger partial charge is 0.319 e. The first-order valence-electron chi connectivity index (χ1n) is 7.09. The number of nitrogens with one attached hydrogen (secondary N) is 2. The lowest BCUT2D eigenvalue weighted by molar-refractivity contribution is 0.249. The average molecular weight is 300 g/mol. The minimum absolute atomic E-state index is 0.117. The van der Waals surface area contributed by atoms with E-state index in [1.54, 1.807) is 6.07 Å². The van der Waals surface area contributed by atoms with Gasteiger partial charge in [0.25, 0.3) is 0 Å². The summed E-state index contributed by atoms with van der Waals surface area (Å²) in [5, 5.41) is 24.4. The van der Waals surface area contributed by atoms with E-state index in [0.717, 1.165) is 16.8 Å². The molecule has 1 atom stereocenters. The Morgan fingerprint density at radius 1 is 1.14 bits per heavy atom. The third-order valence-electron chi connectivity index (χ3n) is 3.24. The first-order chi connectivity index (χ1) is 10.4. The zero-order valence-corrected chi connectivity index (χ0v) is 12.6. The molecule has 0 unspecified atom stereocenters. The van der Waals surface area contributed by atoms with Gasteiger partial charge in [-0.2, -0.15) is 0 Å². The highest BCUT2D eigenvalue weighted by Crippen LogP contribution is 2.25. The van der Waals surface area contributed by atoms with Crippen molar-refractivity contribution < 1.29 is 15.0 Å². The Kier molecular flexibility index (Phi) is 4.88. The molecule has 0 bridgehead atoms. The number of aromatic hydroxyl groups is 2. The Labute approximate surface area is 129 Å². The molecule has 0 aromatic heterocycles. The molecule has 4 N–H and O–H groups in total. The largest absolute Gasteiger partial charge is 0.504 e. The van der Waals surface area contributed by atoms with Crippen LogP contribution in [0.15, 0.2) is 42.5 Å². The SMILES string of the molecule is Cc1cccc(NC(=O)N[C@@H](C)Cc2ccc(O)c(O)c2)c1. The molecule has 2 aromatic carbocycles. The number of carbonyl (C=O) groups excluding carboxylic acids is 1. The van der Waals surface area contributed by atoms with Crippen molar-refractivity contribution in [2.45, 2.75) is 26.3 Å². The first-order valence-corrected chi connectivity index (χ1v) is 7.09. The van der Waals surface area contributed by atoms with Gasteiger partial charge in [-0.15, -0.1) is 0 Å². The van der Waals surface area contributed by atoms with Gasteiger partial charge in [-0.05, 0) is 55.7 Å². The van der Waals surface area contributed by atoms with Crippen LogP contribution in [0.1, 0.15) is 18.1 Å². The molecule has 0 radical (unpaired) electrons. The van der Waals surface area contributed by atoms with Crippen LogP contribution in [0.25, 0.3) is 0 Å². The molecule has 0 saturated heterocycles. The number of anilines is 1. The van der Waals surface area contributed by atoms with Crippen LogP contribution in [0.3, 0.4) is 0 Å². The Bertz CT molecular complexity index is 671. The highest BCUT2D eigenvalue weighted by atomic mass is 16.3. The molecule has 2 amide bonds. The van der Waals surface area contributed by atoms with Crippen molar-refractivity contribution in [1.29, 1.82) is 0 Å². The van der Waals surface area contributed by atoms with Crippen molar-refractivity contribution in [3.63, 3.8) is 0 Å². The fraction of sp³-hybridized carbons (Fsp3) is 0.235. The van der Waals surface area contributed by atoms with Crippen LogP contribution in [-0.2, 0) is 6.42 Å². The summed E-state index contributed by atoms with van der Waals surface area (Å²) in [7, 11) is 0. The molecule has 0 heterocycles. The summed E-state index contributed by atoms with van der Waals surface area (Å²) < 4.78 is 0. The number of amides is 2. The van der Waals surface area contributed by atoms with Crippen molar-refractivity contribution in [1.82, 2.24) is 5.32 Å². The van der Waals surface area contributed by atoms with Crippen LogP contribution in [0.2, 0.25) is 0 Å².